The number of hydrogen-bond donors (Lipinski definition) is 0. The number of likely N-dealkylation sites (N-methyl/N-ethyl adjacent to an activating group) is 1. The smallest absolute Gasteiger partial charge is 0.174 e. The van der Waals surface area contributed by atoms with Gasteiger partial charge in [0.25, 0.3) is 0 Å². The van der Waals surface area contributed by atoms with E-state index in [1.807, 2.05) is 0 Å². The van der Waals surface area contributed by atoms with E-state index in [9.17, 15) is 7.54 Å². The number of rotatable bonds is 1. The molecule has 4 atom stereocenters. The van der Waals surface area contributed by atoms with Crippen molar-refractivity contribution in [3.8, 4) is 11.5 Å². The predicted octanol–water partition coefficient (Wildman–Crippen LogP) is 1.93. The van der Waals surface area contributed by atoms with E-state index < -0.39 is 60.4 Å². The molecular formula is C18H21NO3. The van der Waals surface area contributed by atoms with Gasteiger partial charge in [-0.05, 0) is 50.3 Å². The molecule has 0 aromatic heterocycles. The quantitative estimate of drug-likeness (QED) is 0.795. The van der Waals surface area contributed by atoms with E-state index >= 15 is 0 Å². The molecule has 1 saturated carbocycles. The number of nitrogens with zero attached hydrogens (tertiary/aromatic N) is 1. The maximum Gasteiger partial charge on any atom is 0.174 e. The van der Waals surface area contributed by atoms with Crippen molar-refractivity contribution in [2.75, 3.05) is 20.7 Å². The van der Waals surface area contributed by atoms with Gasteiger partial charge in [0, 0.05) is 31.6 Å². The summed E-state index contributed by atoms with van der Waals surface area (Å²) in [7, 11) is 2.66. The van der Waals surface area contributed by atoms with E-state index in [0.717, 1.165) is 0 Å². The van der Waals surface area contributed by atoms with Crippen molar-refractivity contribution >= 4 is 5.78 Å². The summed E-state index contributed by atoms with van der Waals surface area (Å²) in [5.41, 5.74) is -2.33. The van der Waals surface area contributed by atoms with Gasteiger partial charge in [-0.2, -0.15) is 0 Å². The first-order valence-corrected chi connectivity index (χ1v) is 7.27. The molecule has 22 heavy (non-hydrogen) atoms. The first-order valence-electron chi connectivity index (χ1n) is 11.8. The number of hydrogen-bond acceptors (Lipinski definition) is 4. The Balaban J connectivity index is 2.07. The molecule has 0 N–H and O–H groups in total. The van der Waals surface area contributed by atoms with Crippen LogP contribution in [0.25, 0.3) is 0 Å². The second kappa shape index (κ2) is 4.05. The Morgan fingerprint density at radius 2 is 2.45 bits per heavy atom. The van der Waals surface area contributed by atoms with E-state index in [0.29, 0.717) is 0 Å². The largest absolute Gasteiger partial charge is 0.493 e. The van der Waals surface area contributed by atoms with Crippen molar-refractivity contribution in [3.63, 3.8) is 0 Å². The number of ketones is 1. The number of methoxy groups -OCH3 is 1. The molecule has 5 rings (SSSR count). The summed E-state index contributed by atoms with van der Waals surface area (Å²) in [6.45, 7) is 0.0566. The van der Waals surface area contributed by atoms with Gasteiger partial charge in [-0.25, -0.2) is 0 Å². The highest BCUT2D eigenvalue weighted by Gasteiger charge is 2.65. The van der Waals surface area contributed by atoms with Crippen molar-refractivity contribution < 1.29 is 26.6 Å². The lowest BCUT2D eigenvalue weighted by molar-refractivity contribution is -0.138. The Kier molecular flexibility index (Phi) is 1.27. The van der Waals surface area contributed by atoms with Crippen LogP contribution in [0.4, 0.5) is 0 Å². The highest BCUT2D eigenvalue weighted by Crippen LogP contribution is 2.62. The van der Waals surface area contributed by atoms with Crippen molar-refractivity contribution in [1.82, 2.24) is 4.90 Å². The minimum absolute atomic E-state index is 0.0467. The Labute approximate surface area is 143 Å². The summed E-state index contributed by atoms with van der Waals surface area (Å²) in [6.07, 6.45) is -8.93. The summed E-state index contributed by atoms with van der Waals surface area (Å²) in [6, 6.07) is -3.52. The number of carbonyl (C=O) groups is 1. The van der Waals surface area contributed by atoms with Crippen LogP contribution in [-0.4, -0.2) is 43.5 Å². The third-order valence-corrected chi connectivity index (χ3v) is 5.09. The summed E-state index contributed by atoms with van der Waals surface area (Å²) in [4.78, 5) is 14.6. The molecule has 2 aliphatic carbocycles. The Hall–Kier alpha value is -1.55. The van der Waals surface area contributed by atoms with Crippen molar-refractivity contribution in [3.05, 3.63) is 23.2 Å². The molecule has 1 aromatic carbocycles. The van der Waals surface area contributed by atoms with Crippen LogP contribution in [0.3, 0.4) is 0 Å². The maximum absolute atomic E-state index is 13.3. The SMILES string of the molecule is [2H]c1c([2H])c2c3c(c1OC)OC1([2H])C(=O)C([2H])([2H])C[C@]4([2H])[C@@]31CCN(C)[C@]4([2H])C2([2H])[2H]. The average molecular weight is 308 g/mol. The number of Topliss-reactive ketones (excluding diaryl/α,β-unsaturated/α-hetero) is 1. The molecule has 4 aliphatic rings. The number of likely N-dealkylation sites (tertiary alicyclic amines) is 1. The third kappa shape index (κ3) is 1.27. The van der Waals surface area contributed by atoms with Crippen LogP contribution < -0.4 is 9.47 Å². The molecule has 2 bridgehead atoms. The molecule has 4 heteroatoms. The zero-order valence-corrected chi connectivity index (χ0v) is 12.3. The standard InChI is InChI=1S/C18H21NO3/c1-19-8-7-18-11-4-5-13(20)17(18)22-16-14(21-2)6-3-10(15(16)18)9-12(11)19/h3,6,11-12,17H,4-5,7-9H2,1-2H3/t11-,12+,17?,18-/m0/s1/i3D,5D2,6D,9D2,11D,12D,17D. The predicted molar refractivity (Wildman–Crippen MR) is 81.6 cm³/mol. The van der Waals surface area contributed by atoms with E-state index in [2.05, 4.69) is 0 Å². The first-order chi connectivity index (χ1) is 14.1. The van der Waals surface area contributed by atoms with Gasteiger partial charge in [-0.3, -0.25) is 4.79 Å². The Morgan fingerprint density at radius 1 is 1.59 bits per heavy atom. The number of piperidine rings is 1. The zero-order chi connectivity index (χ0) is 23.2. The average Bonchev–Trinajstić information content (AvgIpc) is 2.92. The van der Waals surface area contributed by atoms with Crippen LogP contribution in [-0.2, 0) is 16.6 Å². The summed E-state index contributed by atoms with van der Waals surface area (Å²) >= 11 is 0. The van der Waals surface area contributed by atoms with Crippen molar-refractivity contribution in [1.29, 1.82) is 0 Å². The highest BCUT2D eigenvalue weighted by molar-refractivity contribution is 5.89. The Bertz CT molecular complexity index is 1080. The zero-order valence-electron chi connectivity index (χ0n) is 21.3. The molecule has 2 heterocycles. The van der Waals surface area contributed by atoms with Crippen molar-refractivity contribution in [2.45, 2.75) is 43.1 Å². The normalized spacial score (nSPS) is 59.0. The molecule has 2 aliphatic heterocycles. The molecular weight excluding hydrogens is 278 g/mol. The summed E-state index contributed by atoms with van der Waals surface area (Å²) in [5.74, 6) is -4.05. The van der Waals surface area contributed by atoms with Crippen LogP contribution in [0.5, 0.6) is 11.5 Å². The topological polar surface area (TPSA) is 38.8 Å². The van der Waals surface area contributed by atoms with Gasteiger partial charge in [0.15, 0.2) is 23.4 Å². The second-order valence-electron chi connectivity index (χ2n) is 6.01. The fraction of sp³-hybridized carbons (Fsp3) is 0.611. The van der Waals surface area contributed by atoms with Crippen LogP contribution in [0.2, 0.25) is 0 Å². The number of ether oxygens (including phenoxy) is 2. The molecule has 1 saturated heterocycles. The summed E-state index contributed by atoms with van der Waals surface area (Å²) in [5, 5.41) is 0. The van der Waals surface area contributed by atoms with E-state index in [1.165, 1.54) is 19.1 Å². The molecule has 2 fully saturated rings. The molecule has 116 valence electrons. The van der Waals surface area contributed by atoms with Gasteiger partial charge in [-0.1, -0.05) is 6.04 Å². The number of carbonyl (C=O) groups excluding carboxylic acids is 1. The van der Waals surface area contributed by atoms with E-state index in [4.69, 9.17) is 19.1 Å². The molecule has 0 amide bonds. The van der Waals surface area contributed by atoms with Crippen LogP contribution in [0.15, 0.2) is 12.1 Å². The molecule has 1 aromatic rings. The summed E-state index contributed by atoms with van der Waals surface area (Å²) < 4.78 is 90.2. The van der Waals surface area contributed by atoms with Gasteiger partial charge >= 0.3 is 0 Å². The first kappa shape index (κ1) is 6.91. The van der Waals surface area contributed by atoms with Gasteiger partial charge in [0.2, 0.25) is 0 Å². The minimum atomic E-state index is -2.71. The van der Waals surface area contributed by atoms with E-state index in [1.54, 1.807) is 0 Å². The fourth-order valence-corrected chi connectivity index (χ4v) is 4.08. The monoisotopic (exact) mass is 308 g/mol. The maximum atomic E-state index is 13.3. The van der Waals surface area contributed by atoms with Crippen LogP contribution in [0.1, 0.15) is 42.7 Å². The second-order valence-corrected chi connectivity index (χ2v) is 6.01. The van der Waals surface area contributed by atoms with Gasteiger partial charge in [-0.15, -0.1) is 0 Å². The molecule has 1 unspecified atom stereocenters. The van der Waals surface area contributed by atoms with Crippen LogP contribution in [0, 0.1) is 5.89 Å². The van der Waals surface area contributed by atoms with Gasteiger partial charge in [0.1, 0.15) is 0 Å². The molecule has 1 spiro atoms. The highest BCUT2D eigenvalue weighted by atomic mass is 16.5. The van der Waals surface area contributed by atoms with Crippen molar-refractivity contribution in [2.24, 2.45) is 5.89 Å². The van der Waals surface area contributed by atoms with Crippen LogP contribution >= 0.6 is 0 Å². The Morgan fingerprint density at radius 3 is 3.27 bits per heavy atom. The van der Waals surface area contributed by atoms with Gasteiger partial charge < -0.3 is 14.4 Å². The van der Waals surface area contributed by atoms with Gasteiger partial charge in [0.05, 0.1) is 11.2 Å². The lowest BCUT2D eigenvalue weighted by Gasteiger charge is -2.57. The third-order valence-electron chi connectivity index (χ3n) is 5.09. The van der Waals surface area contributed by atoms with E-state index in [-0.39, 0.29) is 35.6 Å². The lowest BCUT2D eigenvalue weighted by Crippen LogP contribution is -2.65. The molecule has 0 radical (unpaired) electrons. The fourth-order valence-electron chi connectivity index (χ4n) is 4.08. The minimum Gasteiger partial charge on any atom is -0.493 e. The number of benzene rings is 1. The molecule has 4 nitrogen and oxygen atoms in total. The lowest BCUT2D eigenvalue weighted by atomic mass is 9.52.